The lowest BCUT2D eigenvalue weighted by Crippen LogP contribution is -2.25. The van der Waals surface area contributed by atoms with Crippen LogP contribution in [0.2, 0.25) is 0 Å². The average molecular weight is 462 g/mol. The lowest BCUT2D eigenvalue weighted by molar-refractivity contribution is -0.113. The number of hydrogen-bond donors (Lipinski definition) is 1. The SMILES string of the molecule is CCn1cc2nc(SCC(=O)Nc3cc(C)cc(C)c3)n(Cc3ccc(C)cc3)c(=O)c2n1. The molecule has 0 saturated heterocycles. The third kappa shape index (κ3) is 5.34. The number of benzene rings is 2. The summed E-state index contributed by atoms with van der Waals surface area (Å²) >= 11 is 1.25. The summed E-state index contributed by atoms with van der Waals surface area (Å²) in [6.45, 7) is 8.99. The standard InChI is InChI=1S/C25H27N5O2S/c1-5-29-14-21-23(28-29)24(32)30(13-19-8-6-16(2)7-9-19)25(27-21)33-15-22(31)26-20-11-17(3)10-18(4)12-20/h6-12,14H,5,13,15H2,1-4H3,(H,26,31). The number of nitrogens with zero attached hydrogens (tertiary/aromatic N) is 4. The first-order valence-electron chi connectivity index (χ1n) is 10.9. The summed E-state index contributed by atoms with van der Waals surface area (Å²) in [5.41, 5.74) is 5.76. The molecule has 8 heteroatoms. The summed E-state index contributed by atoms with van der Waals surface area (Å²) in [5, 5.41) is 7.83. The van der Waals surface area contributed by atoms with E-state index in [1.807, 2.05) is 64.1 Å². The van der Waals surface area contributed by atoms with E-state index in [1.165, 1.54) is 11.8 Å². The van der Waals surface area contributed by atoms with Crippen LogP contribution in [-0.2, 0) is 17.9 Å². The Morgan fingerprint density at radius 1 is 1.03 bits per heavy atom. The molecule has 170 valence electrons. The van der Waals surface area contributed by atoms with Crippen molar-refractivity contribution in [3.63, 3.8) is 0 Å². The van der Waals surface area contributed by atoms with Gasteiger partial charge < -0.3 is 5.32 Å². The van der Waals surface area contributed by atoms with Gasteiger partial charge in [-0.15, -0.1) is 0 Å². The average Bonchev–Trinajstić information content (AvgIpc) is 3.19. The molecule has 1 N–H and O–H groups in total. The number of nitrogens with one attached hydrogen (secondary N) is 1. The Hall–Kier alpha value is -3.39. The zero-order chi connectivity index (χ0) is 23.5. The van der Waals surface area contributed by atoms with Crippen molar-refractivity contribution >= 4 is 34.4 Å². The molecule has 2 heterocycles. The van der Waals surface area contributed by atoms with Crippen LogP contribution in [-0.4, -0.2) is 31.0 Å². The summed E-state index contributed by atoms with van der Waals surface area (Å²) in [4.78, 5) is 30.6. The van der Waals surface area contributed by atoms with Crippen LogP contribution in [0.5, 0.6) is 0 Å². The fourth-order valence-corrected chi connectivity index (χ4v) is 4.48. The molecule has 1 amide bonds. The Bertz CT molecular complexity index is 1350. The third-order valence-electron chi connectivity index (χ3n) is 5.26. The van der Waals surface area contributed by atoms with Crippen LogP contribution in [0.3, 0.4) is 0 Å². The van der Waals surface area contributed by atoms with E-state index in [1.54, 1.807) is 15.4 Å². The van der Waals surface area contributed by atoms with E-state index >= 15 is 0 Å². The maximum absolute atomic E-state index is 13.3. The number of thioether (sulfide) groups is 1. The molecule has 0 aliphatic carbocycles. The van der Waals surface area contributed by atoms with Crippen molar-refractivity contribution in [3.05, 3.63) is 81.3 Å². The summed E-state index contributed by atoms with van der Waals surface area (Å²) < 4.78 is 3.31. The van der Waals surface area contributed by atoms with Gasteiger partial charge in [0.2, 0.25) is 5.91 Å². The second-order valence-corrected chi connectivity index (χ2v) is 9.15. The van der Waals surface area contributed by atoms with Crippen molar-refractivity contribution in [1.29, 1.82) is 0 Å². The molecule has 4 aromatic rings. The predicted molar refractivity (Wildman–Crippen MR) is 133 cm³/mol. The van der Waals surface area contributed by atoms with Crippen LogP contribution < -0.4 is 10.9 Å². The van der Waals surface area contributed by atoms with E-state index in [9.17, 15) is 9.59 Å². The van der Waals surface area contributed by atoms with Gasteiger partial charge in [-0.3, -0.25) is 18.8 Å². The van der Waals surface area contributed by atoms with E-state index in [2.05, 4.69) is 21.5 Å². The minimum absolute atomic E-state index is 0.140. The molecule has 0 unspecified atom stereocenters. The number of amides is 1. The van der Waals surface area contributed by atoms with Gasteiger partial charge in [0.15, 0.2) is 10.7 Å². The maximum atomic E-state index is 13.3. The molecule has 4 rings (SSSR count). The van der Waals surface area contributed by atoms with E-state index in [0.29, 0.717) is 29.3 Å². The predicted octanol–water partition coefficient (Wildman–Crippen LogP) is 4.32. The minimum Gasteiger partial charge on any atom is -0.325 e. The first-order valence-corrected chi connectivity index (χ1v) is 11.9. The van der Waals surface area contributed by atoms with E-state index in [-0.39, 0.29) is 17.2 Å². The molecule has 0 spiro atoms. The Balaban J connectivity index is 1.62. The fraction of sp³-hybridized carbons (Fsp3) is 0.280. The number of aromatic nitrogens is 4. The molecule has 0 bridgehead atoms. The van der Waals surface area contributed by atoms with Crippen molar-refractivity contribution < 1.29 is 4.79 Å². The maximum Gasteiger partial charge on any atom is 0.282 e. The molecule has 2 aromatic carbocycles. The largest absolute Gasteiger partial charge is 0.325 e. The molecule has 7 nitrogen and oxygen atoms in total. The summed E-state index contributed by atoms with van der Waals surface area (Å²) in [6.07, 6.45) is 1.77. The first kappa shape index (κ1) is 22.8. The highest BCUT2D eigenvalue weighted by molar-refractivity contribution is 7.99. The van der Waals surface area contributed by atoms with E-state index in [0.717, 1.165) is 27.9 Å². The highest BCUT2D eigenvalue weighted by atomic mass is 32.2. The van der Waals surface area contributed by atoms with Gasteiger partial charge in [-0.1, -0.05) is 47.7 Å². The zero-order valence-electron chi connectivity index (χ0n) is 19.3. The number of carbonyl (C=O) groups is 1. The number of hydrogen-bond acceptors (Lipinski definition) is 5. The zero-order valence-corrected chi connectivity index (χ0v) is 20.1. The lowest BCUT2D eigenvalue weighted by atomic mass is 10.1. The van der Waals surface area contributed by atoms with Crippen molar-refractivity contribution in [1.82, 2.24) is 19.3 Å². The molecule has 0 saturated carbocycles. The monoisotopic (exact) mass is 461 g/mol. The molecule has 2 aromatic heterocycles. The molecule has 0 aliphatic heterocycles. The van der Waals surface area contributed by atoms with Crippen LogP contribution in [0.25, 0.3) is 11.0 Å². The van der Waals surface area contributed by atoms with Crippen molar-refractivity contribution in [3.8, 4) is 0 Å². The van der Waals surface area contributed by atoms with Gasteiger partial charge in [0.25, 0.3) is 5.56 Å². The Labute approximate surface area is 196 Å². The summed E-state index contributed by atoms with van der Waals surface area (Å²) in [5.74, 6) is -0.00807. The molecular formula is C25H27N5O2S. The summed E-state index contributed by atoms with van der Waals surface area (Å²) in [6, 6.07) is 14.0. The van der Waals surface area contributed by atoms with Gasteiger partial charge in [-0.2, -0.15) is 5.10 Å². The Morgan fingerprint density at radius 3 is 2.39 bits per heavy atom. The normalized spacial score (nSPS) is 11.2. The molecule has 0 radical (unpaired) electrons. The molecule has 0 atom stereocenters. The molecule has 33 heavy (non-hydrogen) atoms. The number of anilines is 1. The van der Waals surface area contributed by atoms with Crippen molar-refractivity contribution in [2.24, 2.45) is 0 Å². The molecule has 0 fully saturated rings. The van der Waals surface area contributed by atoms with Crippen LogP contribution >= 0.6 is 11.8 Å². The highest BCUT2D eigenvalue weighted by Crippen LogP contribution is 2.20. The van der Waals surface area contributed by atoms with Crippen LogP contribution in [0.4, 0.5) is 5.69 Å². The lowest BCUT2D eigenvalue weighted by Gasteiger charge is -2.12. The van der Waals surface area contributed by atoms with E-state index < -0.39 is 0 Å². The van der Waals surface area contributed by atoms with Crippen molar-refractivity contribution in [2.45, 2.75) is 45.9 Å². The van der Waals surface area contributed by atoms with E-state index in [4.69, 9.17) is 0 Å². The Kier molecular flexibility index (Phi) is 6.65. The van der Waals surface area contributed by atoms with Crippen LogP contribution in [0, 0.1) is 20.8 Å². The summed E-state index contributed by atoms with van der Waals surface area (Å²) in [7, 11) is 0. The van der Waals surface area contributed by atoms with Crippen LogP contribution in [0.1, 0.15) is 29.2 Å². The van der Waals surface area contributed by atoms with Gasteiger partial charge in [-0.25, -0.2) is 4.98 Å². The quantitative estimate of drug-likeness (QED) is 0.327. The third-order valence-corrected chi connectivity index (χ3v) is 6.24. The second kappa shape index (κ2) is 9.62. The van der Waals surface area contributed by atoms with Gasteiger partial charge in [0, 0.05) is 12.2 Å². The van der Waals surface area contributed by atoms with Gasteiger partial charge in [0.1, 0.15) is 5.52 Å². The van der Waals surface area contributed by atoms with Gasteiger partial charge >= 0.3 is 0 Å². The second-order valence-electron chi connectivity index (χ2n) is 8.20. The fourth-order valence-electron chi connectivity index (χ4n) is 3.68. The minimum atomic E-state index is -0.204. The van der Waals surface area contributed by atoms with Gasteiger partial charge in [-0.05, 0) is 56.5 Å². The number of fused-ring (bicyclic) bond motifs is 1. The topological polar surface area (TPSA) is 81.8 Å². The molecule has 0 aliphatic rings. The smallest absolute Gasteiger partial charge is 0.282 e. The number of rotatable bonds is 7. The van der Waals surface area contributed by atoms with Gasteiger partial charge in [0.05, 0.1) is 18.5 Å². The highest BCUT2D eigenvalue weighted by Gasteiger charge is 2.16. The first-order chi connectivity index (χ1) is 15.8. The van der Waals surface area contributed by atoms with Crippen molar-refractivity contribution in [2.75, 3.05) is 11.1 Å². The number of carbonyl (C=O) groups excluding carboxylic acids is 1. The van der Waals surface area contributed by atoms with Crippen LogP contribution in [0.15, 0.2) is 58.6 Å². The Morgan fingerprint density at radius 2 is 1.73 bits per heavy atom. The molecular weight excluding hydrogens is 434 g/mol. The number of aryl methyl sites for hydroxylation is 4.